The van der Waals surface area contributed by atoms with Crippen LogP contribution in [0.15, 0.2) is 0 Å². The van der Waals surface area contributed by atoms with Crippen molar-refractivity contribution in [3.05, 3.63) is 0 Å². The minimum absolute atomic E-state index is 0.608. The first-order chi connectivity index (χ1) is 2.41. The van der Waals surface area contributed by atoms with Crippen LogP contribution >= 0.6 is 0 Å². The molecule has 0 aliphatic carbocycles. The number of nitrogens with one attached hydrogen (secondary N) is 2. The molecule has 3 heteroatoms. The summed E-state index contributed by atoms with van der Waals surface area (Å²) in [6.07, 6.45) is 0. The van der Waals surface area contributed by atoms with E-state index in [9.17, 15) is 4.48 Å². The lowest BCUT2D eigenvalue weighted by atomic mass is 10.8. The van der Waals surface area contributed by atoms with Crippen LogP contribution in [0.5, 0.6) is 0 Å². The van der Waals surface area contributed by atoms with Crippen LogP contribution in [0.4, 0.5) is 4.48 Å². The van der Waals surface area contributed by atoms with Crippen LogP contribution in [-0.2, 0) is 0 Å². The van der Waals surface area contributed by atoms with Crippen LogP contribution in [0.3, 0.4) is 0 Å². The zero-order valence-corrected chi connectivity index (χ0v) is 3.09. The summed E-state index contributed by atoms with van der Waals surface area (Å²) in [4.78, 5) is 0. The molecule has 0 aliphatic heterocycles. The molecule has 5 heavy (non-hydrogen) atoms. The van der Waals surface area contributed by atoms with Gasteiger partial charge in [0.15, 0.2) is 0 Å². The van der Waals surface area contributed by atoms with Crippen molar-refractivity contribution in [1.29, 1.82) is 0 Å². The second-order valence-corrected chi connectivity index (χ2v) is 0.625. The first kappa shape index (κ1) is 4.85. The average Bonchev–Trinajstić information content (AvgIpc) is 1.41. The van der Waals surface area contributed by atoms with Gasteiger partial charge in [-0.05, 0) is 0 Å². The zero-order chi connectivity index (χ0) is 4.12. The number of hydrogen-bond donors (Lipinski definition) is 2. The molecule has 0 amide bonds. The fourth-order valence-corrected chi connectivity index (χ4v) is 0.0668. The Kier molecular flexibility index (Phi) is 3.73. The standard InChI is InChI=1S/C2H7FN2/c1-2-4-5-3/h4-5H,2H2,1H3. The van der Waals surface area contributed by atoms with E-state index in [-0.39, 0.29) is 0 Å². The molecule has 0 bridgehead atoms. The molecule has 2 N–H and O–H groups in total. The molecule has 0 spiro atoms. The highest BCUT2D eigenvalue weighted by Crippen LogP contribution is 1.41. The molecule has 32 valence electrons. The van der Waals surface area contributed by atoms with E-state index in [0.29, 0.717) is 6.54 Å². The van der Waals surface area contributed by atoms with Crippen molar-refractivity contribution in [3.63, 3.8) is 0 Å². The van der Waals surface area contributed by atoms with Crippen LogP contribution in [0.25, 0.3) is 0 Å². The van der Waals surface area contributed by atoms with Crippen LogP contribution in [0.1, 0.15) is 6.92 Å². The first-order valence-corrected chi connectivity index (χ1v) is 1.50. The van der Waals surface area contributed by atoms with E-state index in [1.165, 1.54) is 5.65 Å². The van der Waals surface area contributed by atoms with Gasteiger partial charge in [0.25, 0.3) is 0 Å². The van der Waals surface area contributed by atoms with Crippen LogP contribution in [-0.4, -0.2) is 6.54 Å². The lowest BCUT2D eigenvalue weighted by molar-refractivity contribution is 0.271. The van der Waals surface area contributed by atoms with Gasteiger partial charge in [-0.3, -0.25) is 0 Å². The largest absolute Gasteiger partial charge is 0.230 e. The van der Waals surface area contributed by atoms with Crippen LogP contribution in [0.2, 0.25) is 0 Å². The summed E-state index contributed by atoms with van der Waals surface area (Å²) in [5.41, 5.74) is 3.46. The molecule has 2 nitrogen and oxygen atoms in total. The van der Waals surface area contributed by atoms with E-state index in [1.54, 1.807) is 6.92 Å². The highest BCUT2D eigenvalue weighted by atomic mass is 19.2. The van der Waals surface area contributed by atoms with Gasteiger partial charge in [-0.1, -0.05) is 12.6 Å². The Balaban J connectivity index is 2.19. The lowest BCUT2D eigenvalue weighted by Gasteiger charge is -1.85. The molecule has 0 aliphatic rings. The second-order valence-electron chi connectivity index (χ2n) is 0.625. The molecule has 0 aromatic carbocycles. The molecule has 0 rings (SSSR count). The summed E-state index contributed by atoms with van der Waals surface area (Å²) in [6, 6.07) is 0. The molecule has 0 unspecified atom stereocenters. The van der Waals surface area contributed by atoms with Crippen molar-refractivity contribution < 1.29 is 4.48 Å². The normalized spacial score (nSPS) is 8.40. The Morgan fingerprint density at radius 1 is 1.80 bits per heavy atom. The summed E-state index contributed by atoms with van der Waals surface area (Å²) < 4.78 is 10.6. The van der Waals surface area contributed by atoms with Gasteiger partial charge in [-0.15, -0.1) is 4.48 Å². The van der Waals surface area contributed by atoms with Gasteiger partial charge >= 0.3 is 0 Å². The van der Waals surface area contributed by atoms with Crippen LogP contribution in [0, 0.1) is 0 Å². The molecule has 0 radical (unpaired) electrons. The number of rotatable bonds is 2. The van der Waals surface area contributed by atoms with Gasteiger partial charge in [0, 0.05) is 6.54 Å². The molecule has 0 aromatic heterocycles. The predicted molar refractivity (Wildman–Crippen MR) is 17.9 cm³/mol. The minimum atomic E-state index is 0.608. The van der Waals surface area contributed by atoms with E-state index in [2.05, 4.69) is 5.43 Å². The summed E-state index contributed by atoms with van der Waals surface area (Å²) in [6.45, 7) is 2.41. The quantitative estimate of drug-likeness (QED) is 0.358. The third kappa shape index (κ3) is 3.85. The zero-order valence-electron chi connectivity index (χ0n) is 3.09. The number of halogens is 1. The molecule has 0 atom stereocenters. The molecular weight excluding hydrogens is 71.0 g/mol. The van der Waals surface area contributed by atoms with E-state index < -0.39 is 0 Å². The van der Waals surface area contributed by atoms with Crippen molar-refractivity contribution >= 4 is 0 Å². The monoisotopic (exact) mass is 78.1 g/mol. The maximum Gasteiger partial charge on any atom is 0.00959 e. The minimum Gasteiger partial charge on any atom is -0.230 e. The van der Waals surface area contributed by atoms with E-state index >= 15 is 0 Å². The lowest BCUT2D eigenvalue weighted by Crippen LogP contribution is -2.22. The van der Waals surface area contributed by atoms with E-state index in [1.807, 2.05) is 0 Å². The molecule has 0 fully saturated rings. The van der Waals surface area contributed by atoms with Crippen molar-refractivity contribution in [1.82, 2.24) is 11.1 Å². The number of hydrogen-bond acceptors (Lipinski definition) is 2. The van der Waals surface area contributed by atoms with Crippen molar-refractivity contribution in [2.45, 2.75) is 6.92 Å². The fourth-order valence-electron chi connectivity index (χ4n) is 0.0668. The Morgan fingerprint density at radius 3 is 2.40 bits per heavy atom. The second kappa shape index (κ2) is 3.85. The van der Waals surface area contributed by atoms with Crippen molar-refractivity contribution in [3.8, 4) is 0 Å². The maximum atomic E-state index is 10.6. The van der Waals surface area contributed by atoms with Gasteiger partial charge in [0.1, 0.15) is 0 Å². The van der Waals surface area contributed by atoms with Crippen molar-refractivity contribution in [2.24, 2.45) is 0 Å². The Labute approximate surface area is 30.3 Å². The first-order valence-electron chi connectivity index (χ1n) is 1.50. The summed E-state index contributed by atoms with van der Waals surface area (Å²) in [5.74, 6) is 0. The number of hydrazine groups is 1. The summed E-state index contributed by atoms with van der Waals surface area (Å²) in [5, 5.41) is 0. The molecule has 0 aromatic rings. The Hall–Kier alpha value is -0.150. The molecular formula is C2H7FN2. The SMILES string of the molecule is CCNNF. The summed E-state index contributed by atoms with van der Waals surface area (Å²) in [7, 11) is 0. The van der Waals surface area contributed by atoms with E-state index in [4.69, 9.17) is 0 Å². The Morgan fingerprint density at radius 2 is 2.40 bits per heavy atom. The highest BCUT2D eigenvalue weighted by molar-refractivity contribution is 4.12. The smallest absolute Gasteiger partial charge is 0.00959 e. The molecule has 0 heterocycles. The summed E-state index contributed by atoms with van der Waals surface area (Å²) >= 11 is 0. The van der Waals surface area contributed by atoms with E-state index in [0.717, 1.165) is 0 Å². The van der Waals surface area contributed by atoms with Gasteiger partial charge in [-0.25, -0.2) is 5.43 Å². The average molecular weight is 78.1 g/mol. The van der Waals surface area contributed by atoms with Gasteiger partial charge < -0.3 is 0 Å². The predicted octanol–water partition coefficient (Wildman–Crippen LogP) is -0.0150. The maximum absolute atomic E-state index is 10.6. The Bertz CT molecular complexity index is 15.1. The third-order valence-corrected chi connectivity index (χ3v) is 0.244. The highest BCUT2D eigenvalue weighted by Gasteiger charge is 1.63. The fraction of sp³-hybridized carbons (Fsp3) is 1.00. The topological polar surface area (TPSA) is 24.1 Å². The van der Waals surface area contributed by atoms with Crippen LogP contribution < -0.4 is 11.1 Å². The third-order valence-electron chi connectivity index (χ3n) is 0.244. The molecule has 0 saturated heterocycles. The van der Waals surface area contributed by atoms with Gasteiger partial charge in [0.05, 0.1) is 0 Å². The van der Waals surface area contributed by atoms with Gasteiger partial charge in [-0.2, -0.15) is 0 Å². The van der Waals surface area contributed by atoms with Crippen molar-refractivity contribution in [2.75, 3.05) is 6.54 Å². The van der Waals surface area contributed by atoms with Gasteiger partial charge in [0.2, 0.25) is 0 Å². The molecule has 0 saturated carbocycles.